The smallest absolute Gasteiger partial charge is 0.731 e. The first-order chi connectivity index (χ1) is 14.6. The van der Waals surface area contributed by atoms with Crippen molar-refractivity contribution in [1.29, 1.82) is 0 Å². The van der Waals surface area contributed by atoms with Crippen LogP contribution in [0.15, 0.2) is 24.3 Å². The second kappa shape index (κ2) is 9.47. The fraction of sp³-hybridized carbons (Fsp3) is 0.286. The van der Waals surface area contributed by atoms with Crippen LogP contribution in [0.4, 0.5) is 0 Å². The van der Waals surface area contributed by atoms with Gasteiger partial charge in [-0.05, 0) is 30.2 Å². The molecule has 2 atom stereocenters. The van der Waals surface area contributed by atoms with Gasteiger partial charge in [-0.3, -0.25) is 18.7 Å². The maximum Gasteiger partial charge on any atom is 1.00 e. The van der Waals surface area contributed by atoms with Crippen molar-refractivity contribution in [3.05, 3.63) is 29.8 Å². The zero-order valence-corrected chi connectivity index (χ0v) is 20.9. The maximum absolute atomic E-state index is 12.4. The summed E-state index contributed by atoms with van der Waals surface area (Å²) in [4.78, 5) is 25.4. The summed E-state index contributed by atoms with van der Waals surface area (Å²) >= 11 is 0. The summed E-state index contributed by atoms with van der Waals surface area (Å²) in [5.74, 6) is -3.40. The second-order valence-corrected chi connectivity index (χ2v) is 9.78. The minimum absolute atomic E-state index is 0. The van der Waals surface area contributed by atoms with Gasteiger partial charge in [0.15, 0.2) is 21.8 Å². The molecule has 0 spiro atoms. The van der Waals surface area contributed by atoms with E-state index in [4.69, 9.17) is 9.11 Å². The largest absolute Gasteiger partial charge is 1.00 e. The molecule has 2 fully saturated rings. The van der Waals surface area contributed by atoms with Crippen LogP contribution < -0.4 is 37.9 Å². The van der Waals surface area contributed by atoms with Gasteiger partial charge in [0.1, 0.15) is 6.04 Å². The average Bonchev–Trinajstić information content (AvgIpc) is 2.96. The minimum atomic E-state index is -5.12. The summed E-state index contributed by atoms with van der Waals surface area (Å²) in [6, 6.07) is 0.782. The molecular formula is C14H13N2NaO13S3. The number of hydrogen-bond donors (Lipinski definition) is 2. The van der Waals surface area contributed by atoms with E-state index < -0.39 is 66.5 Å². The molecule has 0 bridgehead atoms. The van der Waals surface area contributed by atoms with Crippen LogP contribution in [-0.2, 0) is 40.7 Å². The van der Waals surface area contributed by atoms with E-state index in [-0.39, 0.29) is 52.4 Å². The van der Waals surface area contributed by atoms with Gasteiger partial charge in [0.25, 0.3) is 5.91 Å². The molecule has 19 heteroatoms. The standard InChI is InChI=1S/C14H14N2O13S3.Na/c17-12(15-6-5-9-13(15)14(18)16(9)30(19,20)21)4-2-8-1-3-10(28-31(22,23)24)11(7-8)29-32(25,26)27;/h1-4,7,9,13H,5-6H2,(H,19,20,21)(H,22,23,24)(H,25,26,27);/q;+1/p-1/b4-2+;/t9-,13+;/m1./s1. The van der Waals surface area contributed by atoms with Gasteiger partial charge in [-0.15, -0.1) is 0 Å². The van der Waals surface area contributed by atoms with E-state index in [0.717, 1.165) is 35.3 Å². The van der Waals surface area contributed by atoms with Gasteiger partial charge < -0.3 is 17.8 Å². The fourth-order valence-electron chi connectivity index (χ4n) is 3.31. The summed E-state index contributed by atoms with van der Waals surface area (Å²) in [5.41, 5.74) is 0.0409. The summed E-state index contributed by atoms with van der Waals surface area (Å²) in [6.07, 6.45) is 2.13. The van der Waals surface area contributed by atoms with Gasteiger partial charge in [0.05, 0.1) is 6.04 Å². The maximum atomic E-state index is 12.4. The number of nitrogens with zero attached hydrogens (tertiary/aromatic N) is 2. The van der Waals surface area contributed by atoms with Crippen molar-refractivity contribution >= 4 is 49.0 Å². The molecule has 33 heavy (non-hydrogen) atoms. The van der Waals surface area contributed by atoms with Crippen LogP contribution in [0.25, 0.3) is 6.08 Å². The first kappa shape index (κ1) is 27.5. The van der Waals surface area contributed by atoms with Crippen LogP contribution >= 0.6 is 0 Å². The van der Waals surface area contributed by atoms with Gasteiger partial charge in [-0.1, -0.05) is 6.07 Å². The predicted molar refractivity (Wildman–Crippen MR) is 100 cm³/mol. The Balaban J connectivity index is 0.00000385. The third-order valence-corrected chi connectivity index (χ3v) is 6.15. The number of rotatable bonds is 7. The van der Waals surface area contributed by atoms with Crippen molar-refractivity contribution in [2.75, 3.05) is 6.54 Å². The molecule has 2 heterocycles. The van der Waals surface area contributed by atoms with Crippen LogP contribution in [0.1, 0.15) is 12.0 Å². The Morgan fingerprint density at radius 3 is 2.18 bits per heavy atom. The predicted octanol–water partition coefficient (Wildman–Crippen LogP) is -4.66. The van der Waals surface area contributed by atoms with Gasteiger partial charge in [-0.25, -0.2) is 12.7 Å². The summed E-state index contributed by atoms with van der Waals surface area (Å²) < 4.78 is 103. The molecule has 2 saturated heterocycles. The Hall–Kier alpha value is -1.77. The van der Waals surface area contributed by atoms with Gasteiger partial charge in [0.2, 0.25) is 5.91 Å². The Morgan fingerprint density at radius 2 is 1.64 bits per heavy atom. The zero-order chi connectivity index (χ0) is 24.1. The van der Waals surface area contributed by atoms with Crippen molar-refractivity contribution < 1.29 is 86.4 Å². The van der Waals surface area contributed by atoms with Crippen LogP contribution in [0.5, 0.6) is 11.5 Å². The number of fused-ring (bicyclic) bond motifs is 1. The molecule has 0 radical (unpaired) electrons. The summed E-state index contributed by atoms with van der Waals surface area (Å²) in [7, 11) is -15.2. The molecule has 2 N–H and O–H groups in total. The Labute approximate surface area is 210 Å². The van der Waals surface area contributed by atoms with Gasteiger partial charge >= 0.3 is 50.4 Å². The topological polar surface area (TPSA) is 225 Å². The first-order valence-electron chi connectivity index (χ1n) is 8.32. The van der Waals surface area contributed by atoms with Crippen LogP contribution in [0, 0.1) is 0 Å². The first-order valence-corrected chi connectivity index (χ1v) is 12.4. The van der Waals surface area contributed by atoms with Crippen LogP contribution in [-0.4, -0.2) is 78.6 Å². The minimum Gasteiger partial charge on any atom is -0.731 e. The van der Waals surface area contributed by atoms with Crippen LogP contribution in [0.3, 0.4) is 0 Å². The van der Waals surface area contributed by atoms with Crippen molar-refractivity contribution in [1.82, 2.24) is 9.21 Å². The Kier molecular flexibility index (Phi) is 7.88. The number of likely N-dealkylation sites (tertiary alicyclic amines) is 1. The zero-order valence-electron chi connectivity index (χ0n) is 16.5. The molecule has 3 rings (SSSR count). The summed E-state index contributed by atoms with van der Waals surface area (Å²) in [6.45, 7) is -0.00544. The number of hydrogen-bond acceptors (Lipinski definition) is 11. The number of benzene rings is 1. The molecule has 0 saturated carbocycles. The van der Waals surface area contributed by atoms with E-state index in [0.29, 0.717) is 0 Å². The number of carbonyl (C=O) groups excluding carboxylic acids is 2. The van der Waals surface area contributed by atoms with E-state index in [1.54, 1.807) is 0 Å². The van der Waals surface area contributed by atoms with E-state index in [1.165, 1.54) is 0 Å². The molecule has 1 aromatic rings. The molecular weight excluding hydrogens is 523 g/mol. The van der Waals surface area contributed by atoms with Gasteiger partial charge in [0, 0.05) is 12.6 Å². The molecule has 0 aromatic heterocycles. The summed E-state index contributed by atoms with van der Waals surface area (Å²) in [5, 5.41) is 0. The van der Waals surface area contributed by atoms with Crippen molar-refractivity contribution in [2.45, 2.75) is 18.5 Å². The van der Waals surface area contributed by atoms with E-state index in [2.05, 4.69) is 8.37 Å². The van der Waals surface area contributed by atoms with Crippen molar-refractivity contribution in [3.63, 3.8) is 0 Å². The number of amides is 2. The van der Waals surface area contributed by atoms with Crippen molar-refractivity contribution in [2.24, 2.45) is 0 Å². The quantitative estimate of drug-likeness (QED) is 0.145. The number of carbonyl (C=O) groups is 2. The Bertz CT molecular complexity index is 1320. The van der Waals surface area contributed by atoms with E-state index >= 15 is 0 Å². The van der Waals surface area contributed by atoms with Crippen molar-refractivity contribution in [3.8, 4) is 11.5 Å². The molecule has 2 amide bonds. The third kappa shape index (κ3) is 6.43. The van der Waals surface area contributed by atoms with Gasteiger partial charge in [-0.2, -0.15) is 16.8 Å². The normalized spacial score (nSPS) is 20.8. The molecule has 176 valence electrons. The number of β-lactam (4-membered cyclic amide) rings is 1. The monoisotopic (exact) mass is 536 g/mol. The molecule has 0 unspecified atom stereocenters. The van der Waals surface area contributed by atoms with E-state index in [9.17, 15) is 39.4 Å². The molecule has 1 aromatic carbocycles. The SMILES string of the molecule is O=C(/C=C/c1ccc(OS(=O)(=O)O)c(OS(=O)(=O)O)c1)N1CC[C@@H]2[C@H]1C(=O)N2S(=O)(=O)[O-].[Na+]. The fourth-order valence-corrected chi connectivity index (χ4v) is 4.91. The molecule has 15 nitrogen and oxygen atoms in total. The van der Waals surface area contributed by atoms with E-state index in [1.807, 2.05) is 0 Å². The average molecular weight is 536 g/mol. The third-order valence-electron chi connectivity index (χ3n) is 4.44. The molecule has 2 aliphatic heterocycles. The van der Waals surface area contributed by atoms with Crippen LogP contribution in [0.2, 0.25) is 0 Å². The second-order valence-electron chi connectivity index (χ2n) is 6.49. The molecule has 2 aliphatic rings. The molecule has 0 aliphatic carbocycles. The Morgan fingerprint density at radius 1 is 1.06 bits per heavy atom.